The Labute approximate surface area is 121 Å². The zero-order chi connectivity index (χ0) is 13.8. The quantitative estimate of drug-likeness (QED) is 0.891. The van der Waals surface area contributed by atoms with Crippen LogP contribution in [0.1, 0.15) is 12.7 Å². The second-order valence-electron chi connectivity index (χ2n) is 4.71. The second kappa shape index (κ2) is 6.54. The van der Waals surface area contributed by atoms with E-state index in [0.717, 1.165) is 12.3 Å². The summed E-state index contributed by atoms with van der Waals surface area (Å²) < 4.78 is 11.5. The van der Waals surface area contributed by atoms with Crippen molar-refractivity contribution in [2.45, 2.75) is 19.5 Å². The molecular formula is C13H19BrN2O3. The molecule has 0 spiro atoms. The van der Waals surface area contributed by atoms with E-state index in [-0.39, 0.29) is 17.9 Å². The Morgan fingerprint density at radius 2 is 2.32 bits per heavy atom. The highest BCUT2D eigenvalue weighted by molar-refractivity contribution is 9.10. The van der Waals surface area contributed by atoms with E-state index < -0.39 is 0 Å². The summed E-state index contributed by atoms with van der Waals surface area (Å²) in [6.45, 7) is 4.43. The fraction of sp³-hybridized carbons (Fsp3) is 0.615. The van der Waals surface area contributed by atoms with Gasteiger partial charge in [0.2, 0.25) is 5.91 Å². The van der Waals surface area contributed by atoms with Gasteiger partial charge in [-0.2, -0.15) is 0 Å². The van der Waals surface area contributed by atoms with Gasteiger partial charge in [-0.1, -0.05) is 6.92 Å². The maximum Gasteiger partial charge on any atom is 0.229 e. The molecule has 1 fully saturated rings. The third-order valence-corrected chi connectivity index (χ3v) is 3.69. The molecule has 2 atom stereocenters. The van der Waals surface area contributed by atoms with Crippen LogP contribution in [0.2, 0.25) is 0 Å². The normalized spacial score (nSPS) is 22.7. The van der Waals surface area contributed by atoms with Crippen LogP contribution in [0, 0.1) is 5.92 Å². The molecule has 0 radical (unpaired) electrons. The Bertz CT molecular complexity index is 435. The largest absolute Gasteiger partial charge is 0.452 e. The van der Waals surface area contributed by atoms with Gasteiger partial charge in [-0.05, 0) is 34.6 Å². The average Bonchev–Trinajstić information content (AvgIpc) is 2.98. The van der Waals surface area contributed by atoms with Crippen molar-refractivity contribution in [3.8, 4) is 0 Å². The highest BCUT2D eigenvalue weighted by Gasteiger charge is 2.35. The number of amides is 1. The minimum Gasteiger partial charge on any atom is -0.452 e. The molecule has 0 aromatic carbocycles. The molecule has 2 rings (SSSR count). The van der Waals surface area contributed by atoms with Crippen molar-refractivity contribution in [2.24, 2.45) is 5.92 Å². The van der Waals surface area contributed by atoms with E-state index in [4.69, 9.17) is 9.15 Å². The number of halogens is 1. The lowest BCUT2D eigenvalue weighted by molar-refractivity contribution is -0.135. The van der Waals surface area contributed by atoms with Gasteiger partial charge in [0.15, 0.2) is 4.67 Å². The predicted octanol–water partition coefficient (Wildman–Crippen LogP) is 1.63. The molecule has 1 amide bonds. The lowest BCUT2D eigenvalue weighted by Crippen LogP contribution is -2.44. The molecule has 0 bridgehead atoms. The Morgan fingerprint density at radius 3 is 2.95 bits per heavy atom. The number of carbonyl (C=O) groups excluding carboxylic acids is 1. The average molecular weight is 331 g/mol. The summed E-state index contributed by atoms with van der Waals surface area (Å²) in [7, 11) is 1.79. The predicted molar refractivity (Wildman–Crippen MR) is 74.7 cm³/mol. The van der Waals surface area contributed by atoms with Gasteiger partial charge in [0, 0.05) is 13.1 Å². The second-order valence-corrected chi connectivity index (χ2v) is 5.49. The first-order chi connectivity index (χ1) is 9.11. The number of nitrogens with zero attached hydrogens (tertiary/aromatic N) is 1. The Kier molecular flexibility index (Phi) is 5.01. The summed E-state index contributed by atoms with van der Waals surface area (Å²) >= 11 is 3.26. The fourth-order valence-electron chi connectivity index (χ4n) is 2.29. The zero-order valence-corrected chi connectivity index (χ0v) is 12.8. The van der Waals surface area contributed by atoms with Crippen molar-refractivity contribution in [1.29, 1.82) is 0 Å². The zero-order valence-electron chi connectivity index (χ0n) is 11.2. The standard InChI is InChI=1S/C13H19BrN2O3/c1-3-15-11-8-18-7-10(11)13(17)16(2)6-9-4-5-12(14)19-9/h4-5,10-11,15H,3,6-8H2,1-2H3. The first-order valence-electron chi connectivity index (χ1n) is 6.42. The Balaban J connectivity index is 1.94. The number of hydrogen-bond acceptors (Lipinski definition) is 4. The fourth-order valence-corrected chi connectivity index (χ4v) is 2.63. The molecule has 19 heavy (non-hydrogen) atoms. The summed E-state index contributed by atoms with van der Waals surface area (Å²) in [4.78, 5) is 14.1. The maximum atomic E-state index is 12.4. The molecule has 1 aliphatic rings. The number of rotatable bonds is 5. The van der Waals surface area contributed by atoms with Crippen LogP contribution < -0.4 is 5.32 Å². The summed E-state index contributed by atoms with van der Waals surface area (Å²) in [5, 5.41) is 3.29. The smallest absolute Gasteiger partial charge is 0.229 e. The van der Waals surface area contributed by atoms with E-state index in [2.05, 4.69) is 21.2 Å². The van der Waals surface area contributed by atoms with Gasteiger partial charge >= 0.3 is 0 Å². The lowest BCUT2D eigenvalue weighted by Gasteiger charge is -2.23. The highest BCUT2D eigenvalue weighted by Crippen LogP contribution is 2.19. The van der Waals surface area contributed by atoms with Crippen LogP contribution >= 0.6 is 15.9 Å². The van der Waals surface area contributed by atoms with Gasteiger partial charge in [-0.3, -0.25) is 4.79 Å². The van der Waals surface area contributed by atoms with Gasteiger partial charge in [-0.25, -0.2) is 0 Å². The minimum absolute atomic E-state index is 0.0935. The van der Waals surface area contributed by atoms with Crippen LogP contribution in [0.5, 0.6) is 0 Å². The molecule has 106 valence electrons. The van der Waals surface area contributed by atoms with E-state index in [1.807, 2.05) is 19.1 Å². The summed E-state index contributed by atoms with van der Waals surface area (Å²) in [5.41, 5.74) is 0. The lowest BCUT2D eigenvalue weighted by atomic mass is 10.0. The molecule has 1 saturated heterocycles. The van der Waals surface area contributed by atoms with Gasteiger partial charge in [0.1, 0.15) is 5.76 Å². The SMILES string of the molecule is CCNC1COCC1C(=O)N(C)Cc1ccc(Br)o1. The van der Waals surface area contributed by atoms with Gasteiger partial charge < -0.3 is 19.4 Å². The van der Waals surface area contributed by atoms with Crippen LogP contribution in [0.25, 0.3) is 0 Å². The van der Waals surface area contributed by atoms with E-state index in [1.54, 1.807) is 11.9 Å². The molecule has 1 aliphatic heterocycles. The van der Waals surface area contributed by atoms with E-state index in [0.29, 0.717) is 24.4 Å². The first kappa shape index (κ1) is 14.6. The monoisotopic (exact) mass is 330 g/mol. The number of ether oxygens (including phenoxy) is 1. The molecule has 1 N–H and O–H groups in total. The third kappa shape index (κ3) is 3.58. The summed E-state index contributed by atoms with van der Waals surface area (Å²) in [5.74, 6) is 0.751. The molecule has 0 saturated carbocycles. The van der Waals surface area contributed by atoms with Gasteiger partial charge in [0.25, 0.3) is 0 Å². The molecule has 1 aromatic rings. The van der Waals surface area contributed by atoms with Crippen LogP contribution in [-0.4, -0.2) is 43.7 Å². The van der Waals surface area contributed by atoms with Crippen LogP contribution in [-0.2, 0) is 16.1 Å². The molecule has 1 aromatic heterocycles. The molecular weight excluding hydrogens is 312 g/mol. The number of hydrogen-bond donors (Lipinski definition) is 1. The third-order valence-electron chi connectivity index (χ3n) is 3.26. The number of carbonyl (C=O) groups is 1. The number of furan rings is 1. The van der Waals surface area contributed by atoms with Crippen LogP contribution in [0.15, 0.2) is 21.2 Å². The molecule has 5 nitrogen and oxygen atoms in total. The van der Waals surface area contributed by atoms with Crippen molar-refractivity contribution < 1.29 is 13.9 Å². The Hall–Kier alpha value is -0.850. The highest BCUT2D eigenvalue weighted by atomic mass is 79.9. The van der Waals surface area contributed by atoms with Crippen molar-refractivity contribution in [3.63, 3.8) is 0 Å². The van der Waals surface area contributed by atoms with E-state index >= 15 is 0 Å². The molecule has 0 aliphatic carbocycles. The van der Waals surface area contributed by atoms with Crippen molar-refractivity contribution in [3.05, 3.63) is 22.6 Å². The Morgan fingerprint density at radius 1 is 1.53 bits per heavy atom. The van der Waals surface area contributed by atoms with Crippen molar-refractivity contribution in [1.82, 2.24) is 10.2 Å². The topological polar surface area (TPSA) is 54.7 Å². The molecule has 2 unspecified atom stereocenters. The van der Waals surface area contributed by atoms with Crippen molar-refractivity contribution >= 4 is 21.8 Å². The molecule has 2 heterocycles. The van der Waals surface area contributed by atoms with Crippen LogP contribution in [0.4, 0.5) is 0 Å². The van der Waals surface area contributed by atoms with E-state index in [9.17, 15) is 4.79 Å². The number of nitrogens with one attached hydrogen (secondary N) is 1. The maximum absolute atomic E-state index is 12.4. The first-order valence-corrected chi connectivity index (χ1v) is 7.21. The summed E-state index contributed by atoms with van der Waals surface area (Å²) in [6, 6.07) is 3.80. The van der Waals surface area contributed by atoms with Crippen LogP contribution in [0.3, 0.4) is 0 Å². The van der Waals surface area contributed by atoms with Crippen molar-refractivity contribution in [2.75, 3.05) is 26.8 Å². The van der Waals surface area contributed by atoms with Gasteiger partial charge in [-0.15, -0.1) is 0 Å². The van der Waals surface area contributed by atoms with Gasteiger partial charge in [0.05, 0.1) is 25.7 Å². The summed E-state index contributed by atoms with van der Waals surface area (Å²) in [6.07, 6.45) is 0. The van der Waals surface area contributed by atoms with E-state index in [1.165, 1.54) is 0 Å². The molecule has 6 heteroatoms. The number of likely N-dealkylation sites (N-methyl/N-ethyl adjacent to an activating group) is 1. The minimum atomic E-state index is -0.108.